The normalized spacial score (nSPS) is 10.9. The van der Waals surface area contributed by atoms with Gasteiger partial charge in [0, 0.05) is 18.3 Å². The second kappa shape index (κ2) is 2.63. The van der Waals surface area contributed by atoms with Gasteiger partial charge in [0.2, 0.25) is 5.65 Å². The Bertz CT molecular complexity index is 469. The Morgan fingerprint density at radius 1 is 1.54 bits per heavy atom. The molecule has 0 amide bonds. The van der Waals surface area contributed by atoms with Crippen molar-refractivity contribution in [1.29, 1.82) is 0 Å². The van der Waals surface area contributed by atoms with E-state index in [0.717, 1.165) is 5.65 Å². The molecule has 66 valence electrons. The number of rotatable bonds is 1. The molecule has 0 aliphatic heterocycles. The van der Waals surface area contributed by atoms with Gasteiger partial charge in [-0.15, -0.1) is 9.61 Å². The number of hydrogen-bond donors (Lipinski definition) is 0. The van der Waals surface area contributed by atoms with Gasteiger partial charge in [0.05, 0.1) is 6.20 Å². The first-order chi connectivity index (χ1) is 6.24. The molecular weight excluding hydrogens is 164 g/mol. The van der Waals surface area contributed by atoms with Gasteiger partial charge in [0.15, 0.2) is 0 Å². The lowest BCUT2D eigenvalue weighted by Gasteiger charge is -2.04. The maximum atomic E-state index is 6.97. The van der Waals surface area contributed by atoms with E-state index in [4.69, 9.17) is 6.57 Å². The highest BCUT2D eigenvalue weighted by molar-refractivity contribution is 5.51. The summed E-state index contributed by atoms with van der Waals surface area (Å²) < 4.78 is 3.70. The van der Waals surface area contributed by atoms with Crippen LogP contribution in [0.25, 0.3) is 10.5 Å². The first kappa shape index (κ1) is 7.87. The van der Waals surface area contributed by atoms with Crippen LogP contribution in [0.1, 0.15) is 19.9 Å². The van der Waals surface area contributed by atoms with Gasteiger partial charge in [0.1, 0.15) is 0 Å². The minimum absolute atomic E-state index is 0.356. The van der Waals surface area contributed by atoms with Crippen molar-refractivity contribution in [2.75, 3.05) is 0 Å². The number of hydrogen-bond acceptors (Lipinski definition) is 1. The Balaban J connectivity index is 2.78. The number of aromatic nitrogens is 3. The average Bonchev–Trinajstić information content (AvgIpc) is 2.61. The highest BCUT2D eigenvalue weighted by atomic mass is 15.3. The molecule has 0 radical (unpaired) electrons. The van der Waals surface area contributed by atoms with Gasteiger partial charge in [0.25, 0.3) is 5.82 Å². The molecule has 4 nitrogen and oxygen atoms in total. The summed E-state index contributed by atoms with van der Waals surface area (Å²) in [4.78, 5) is 3.40. The van der Waals surface area contributed by atoms with Crippen LogP contribution in [0, 0.1) is 6.57 Å². The third-order valence-electron chi connectivity index (χ3n) is 2.03. The van der Waals surface area contributed by atoms with Gasteiger partial charge >= 0.3 is 0 Å². The molecule has 13 heavy (non-hydrogen) atoms. The molecule has 0 fully saturated rings. The monoisotopic (exact) mass is 174 g/mol. The third kappa shape index (κ3) is 1.01. The molecule has 0 bridgehead atoms. The van der Waals surface area contributed by atoms with E-state index in [1.807, 2.05) is 16.8 Å². The van der Waals surface area contributed by atoms with Crippen LogP contribution in [0.4, 0.5) is 5.82 Å². The molecule has 0 saturated heterocycles. The summed E-state index contributed by atoms with van der Waals surface area (Å²) >= 11 is 0. The Kier molecular flexibility index (Phi) is 1.59. The lowest BCUT2D eigenvalue weighted by Crippen LogP contribution is -1.97. The van der Waals surface area contributed by atoms with Crippen molar-refractivity contribution in [2.24, 2.45) is 0 Å². The third-order valence-corrected chi connectivity index (χ3v) is 2.03. The summed E-state index contributed by atoms with van der Waals surface area (Å²) in [5, 5.41) is 4.07. The lowest BCUT2D eigenvalue weighted by molar-refractivity contribution is 0.619. The van der Waals surface area contributed by atoms with Crippen molar-refractivity contribution in [3.63, 3.8) is 0 Å². The fourth-order valence-electron chi connectivity index (χ4n) is 1.40. The SMILES string of the molecule is [C-]#[N+]c1cn(C(C)C)c2ccnn12. The van der Waals surface area contributed by atoms with Crippen molar-refractivity contribution < 1.29 is 0 Å². The molecule has 0 atom stereocenters. The molecule has 2 heterocycles. The van der Waals surface area contributed by atoms with E-state index < -0.39 is 0 Å². The Morgan fingerprint density at radius 2 is 2.31 bits per heavy atom. The predicted molar refractivity (Wildman–Crippen MR) is 49.8 cm³/mol. The van der Waals surface area contributed by atoms with Gasteiger partial charge in [-0.3, -0.25) is 0 Å². The second-order valence-electron chi connectivity index (χ2n) is 3.20. The van der Waals surface area contributed by atoms with E-state index in [9.17, 15) is 0 Å². The molecule has 0 saturated carbocycles. The summed E-state index contributed by atoms with van der Waals surface area (Å²) in [6, 6.07) is 2.27. The average molecular weight is 174 g/mol. The van der Waals surface area contributed by atoms with Crippen LogP contribution in [0.15, 0.2) is 18.5 Å². The molecule has 0 aliphatic carbocycles. The topological polar surface area (TPSA) is 26.6 Å². The zero-order valence-corrected chi connectivity index (χ0v) is 7.60. The van der Waals surface area contributed by atoms with Crippen LogP contribution in [0.2, 0.25) is 0 Å². The molecule has 0 aliphatic rings. The summed E-state index contributed by atoms with van der Waals surface area (Å²) in [7, 11) is 0. The number of imidazole rings is 1. The summed E-state index contributed by atoms with van der Waals surface area (Å²) in [6.07, 6.45) is 3.54. The molecular formula is C9H10N4. The van der Waals surface area contributed by atoms with Gasteiger partial charge in [-0.05, 0) is 13.8 Å². The predicted octanol–water partition coefficient (Wildman–Crippen LogP) is 2.27. The van der Waals surface area contributed by atoms with E-state index in [1.54, 1.807) is 10.7 Å². The minimum Gasteiger partial charge on any atom is -0.361 e. The minimum atomic E-state index is 0.356. The van der Waals surface area contributed by atoms with Crippen LogP contribution in [-0.2, 0) is 0 Å². The summed E-state index contributed by atoms with van der Waals surface area (Å²) in [5.41, 5.74) is 0.973. The maximum Gasteiger partial charge on any atom is 0.273 e. The number of fused-ring (bicyclic) bond motifs is 1. The fraction of sp³-hybridized carbons (Fsp3) is 0.333. The van der Waals surface area contributed by atoms with Crippen molar-refractivity contribution in [3.05, 3.63) is 29.9 Å². The largest absolute Gasteiger partial charge is 0.361 e. The molecule has 0 aromatic carbocycles. The molecule has 0 spiro atoms. The van der Waals surface area contributed by atoms with E-state index in [2.05, 4.69) is 23.8 Å². The number of nitrogens with zero attached hydrogens (tertiary/aromatic N) is 4. The second-order valence-corrected chi connectivity index (χ2v) is 3.20. The van der Waals surface area contributed by atoms with E-state index in [0.29, 0.717) is 11.9 Å². The molecule has 2 rings (SSSR count). The van der Waals surface area contributed by atoms with Crippen LogP contribution in [0.5, 0.6) is 0 Å². The Labute approximate surface area is 76.2 Å². The fourth-order valence-corrected chi connectivity index (χ4v) is 1.40. The highest BCUT2D eigenvalue weighted by Crippen LogP contribution is 2.20. The van der Waals surface area contributed by atoms with Gasteiger partial charge in [-0.25, -0.2) is 0 Å². The zero-order chi connectivity index (χ0) is 9.42. The van der Waals surface area contributed by atoms with E-state index in [-0.39, 0.29) is 0 Å². The Morgan fingerprint density at radius 3 is 2.92 bits per heavy atom. The van der Waals surface area contributed by atoms with Crippen molar-refractivity contribution >= 4 is 11.5 Å². The van der Waals surface area contributed by atoms with Crippen LogP contribution >= 0.6 is 0 Å². The van der Waals surface area contributed by atoms with E-state index >= 15 is 0 Å². The maximum absolute atomic E-state index is 6.97. The van der Waals surface area contributed by atoms with E-state index in [1.165, 1.54) is 0 Å². The molecule has 2 aromatic rings. The molecule has 0 N–H and O–H groups in total. The first-order valence-corrected chi connectivity index (χ1v) is 4.16. The van der Waals surface area contributed by atoms with Crippen molar-refractivity contribution in [1.82, 2.24) is 14.2 Å². The van der Waals surface area contributed by atoms with Gasteiger partial charge in [-0.1, -0.05) is 6.57 Å². The quantitative estimate of drug-likeness (QED) is 0.609. The zero-order valence-electron chi connectivity index (χ0n) is 7.60. The first-order valence-electron chi connectivity index (χ1n) is 4.16. The van der Waals surface area contributed by atoms with Crippen LogP contribution < -0.4 is 0 Å². The van der Waals surface area contributed by atoms with Crippen molar-refractivity contribution in [3.8, 4) is 0 Å². The standard InChI is InChI=1S/C9H10N4/c1-7(2)12-6-8(10-3)13-9(12)4-5-11-13/h4-7H,1-2H3. The molecule has 2 aromatic heterocycles. The Hall–Kier alpha value is -1.76. The lowest BCUT2D eigenvalue weighted by atomic mass is 10.4. The molecule has 4 heteroatoms. The van der Waals surface area contributed by atoms with Gasteiger partial charge < -0.3 is 9.41 Å². The van der Waals surface area contributed by atoms with Crippen LogP contribution in [-0.4, -0.2) is 14.2 Å². The molecule has 0 unspecified atom stereocenters. The summed E-state index contributed by atoms with van der Waals surface area (Å²) in [6.45, 7) is 11.1. The summed E-state index contributed by atoms with van der Waals surface area (Å²) in [5.74, 6) is 0.564. The van der Waals surface area contributed by atoms with Crippen molar-refractivity contribution in [2.45, 2.75) is 19.9 Å². The smallest absolute Gasteiger partial charge is 0.273 e. The highest BCUT2D eigenvalue weighted by Gasteiger charge is 2.12. The van der Waals surface area contributed by atoms with Crippen LogP contribution in [0.3, 0.4) is 0 Å². The van der Waals surface area contributed by atoms with Gasteiger partial charge in [-0.2, -0.15) is 0 Å².